The number of amides is 2. The van der Waals surface area contributed by atoms with Crippen LogP contribution in [0.1, 0.15) is 37.0 Å². The first-order chi connectivity index (χ1) is 13.0. The van der Waals surface area contributed by atoms with E-state index in [0.29, 0.717) is 30.1 Å². The maximum atomic E-state index is 13.2. The number of rotatable bonds is 6. The number of nitrogens with one attached hydrogen (secondary N) is 2. The fraction of sp³-hybridized carbons (Fsp3) is 0.600. The van der Waals surface area contributed by atoms with Crippen LogP contribution in [-0.2, 0) is 4.79 Å². The molecule has 0 radical (unpaired) electrons. The molecule has 1 aliphatic heterocycles. The second-order valence-electron chi connectivity index (χ2n) is 7.63. The van der Waals surface area contributed by atoms with Crippen molar-refractivity contribution in [3.63, 3.8) is 0 Å². The second kappa shape index (κ2) is 8.27. The number of ether oxygens (including phenoxy) is 1. The Balaban J connectivity index is 2.01. The zero-order valence-corrected chi connectivity index (χ0v) is 16.2. The average Bonchev–Trinajstić information content (AvgIpc) is 3.50. The van der Waals surface area contributed by atoms with Crippen molar-refractivity contribution in [2.45, 2.75) is 38.8 Å². The van der Waals surface area contributed by atoms with E-state index in [4.69, 9.17) is 4.74 Å². The molecule has 1 aromatic rings. The minimum atomic E-state index is -0.300. The third-order valence-corrected chi connectivity index (χ3v) is 5.30. The normalized spacial score (nSPS) is 23.7. The predicted octanol–water partition coefficient (Wildman–Crippen LogP) is 1.47. The SMILES string of the molecule is CNC[C@@H]1Oc2c(NC(=O)C3CC3)cccc2C(=O)N([C@H](C)CO)C[C@@H]1C. The third-order valence-electron chi connectivity index (χ3n) is 5.30. The van der Waals surface area contributed by atoms with Crippen LogP contribution < -0.4 is 15.4 Å². The lowest BCUT2D eigenvalue weighted by Gasteiger charge is -2.37. The van der Waals surface area contributed by atoms with Crippen molar-refractivity contribution in [3.8, 4) is 5.75 Å². The highest BCUT2D eigenvalue weighted by Gasteiger charge is 2.35. The van der Waals surface area contributed by atoms with Crippen LogP contribution in [0.2, 0.25) is 0 Å². The van der Waals surface area contributed by atoms with E-state index in [0.717, 1.165) is 12.8 Å². The molecule has 1 aromatic carbocycles. The summed E-state index contributed by atoms with van der Waals surface area (Å²) in [5, 5.41) is 15.7. The summed E-state index contributed by atoms with van der Waals surface area (Å²) in [6.45, 7) is 4.86. The lowest BCUT2D eigenvalue weighted by molar-refractivity contribution is -0.117. The van der Waals surface area contributed by atoms with E-state index >= 15 is 0 Å². The van der Waals surface area contributed by atoms with Crippen LogP contribution >= 0.6 is 0 Å². The van der Waals surface area contributed by atoms with Gasteiger partial charge in [0.1, 0.15) is 6.10 Å². The lowest BCUT2D eigenvalue weighted by atomic mass is 9.99. The smallest absolute Gasteiger partial charge is 0.258 e. The van der Waals surface area contributed by atoms with Gasteiger partial charge in [-0.3, -0.25) is 9.59 Å². The highest BCUT2D eigenvalue weighted by molar-refractivity contribution is 6.02. The van der Waals surface area contributed by atoms with Crippen LogP contribution in [0, 0.1) is 11.8 Å². The Morgan fingerprint density at radius 2 is 2.15 bits per heavy atom. The van der Waals surface area contributed by atoms with Crippen LogP contribution in [0.5, 0.6) is 5.75 Å². The van der Waals surface area contributed by atoms with Crippen molar-refractivity contribution in [3.05, 3.63) is 23.8 Å². The van der Waals surface area contributed by atoms with Gasteiger partial charge in [-0.1, -0.05) is 13.0 Å². The minimum absolute atomic E-state index is 0.0275. The average molecular weight is 375 g/mol. The van der Waals surface area contributed by atoms with Crippen molar-refractivity contribution in [2.24, 2.45) is 11.8 Å². The van der Waals surface area contributed by atoms with E-state index in [-0.39, 0.29) is 42.4 Å². The standard InChI is InChI=1S/C20H29N3O4/c1-12-10-23(13(2)11-24)20(26)15-5-4-6-16(22-19(25)14-7-8-14)18(15)27-17(12)9-21-3/h4-6,12-14,17,21,24H,7-11H2,1-3H3,(H,22,25)/t12-,13+,17-/m0/s1. The second-order valence-corrected chi connectivity index (χ2v) is 7.63. The zero-order chi connectivity index (χ0) is 19.6. The molecule has 1 aliphatic carbocycles. The van der Waals surface area contributed by atoms with Crippen molar-refractivity contribution in [1.82, 2.24) is 10.2 Å². The molecule has 0 bridgehead atoms. The van der Waals surface area contributed by atoms with Crippen LogP contribution in [-0.4, -0.2) is 60.7 Å². The van der Waals surface area contributed by atoms with Crippen LogP contribution in [0.3, 0.4) is 0 Å². The molecule has 7 nitrogen and oxygen atoms in total. The number of likely N-dealkylation sites (N-methyl/N-ethyl adjacent to an activating group) is 1. The number of carbonyl (C=O) groups is 2. The molecule has 3 N–H and O–H groups in total. The van der Waals surface area contributed by atoms with Gasteiger partial charge in [-0.2, -0.15) is 0 Å². The van der Waals surface area contributed by atoms with Gasteiger partial charge < -0.3 is 25.4 Å². The van der Waals surface area contributed by atoms with Crippen molar-refractivity contribution >= 4 is 17.5 Å². The number of aliphatic hydroxyl groups excluding tert-OH is 1. The number of anilines is 1. The Labute approximate surface area is 160 Å². The van der Waals surface area contributed by atoms with Gasteiger partial charge >= 0.3 is 0 Å². The number of nitrogens with zero attached hydrogens (tertiary/aromatic N) is 1. The topological polar surface area (TPSA) is 90.9 Å². The molecule has 7 heteroatoms. The molecule has 0 aromatic heterocycles. The Morgan fingerprint density at radius 3 is 2.78 bits per heavy atom. The number of hydrogen-bond donors (Lipinski definition) is 3. The highest BCUT2D eigenvalue weighted by Crippen LogP contribution is 2.36. The van der Waals surface area contributed by atoms with Crippen molar-refractivity contribution in [2.75, 3.05) is 32.1 Å². The summed E-state index contributed by atoms with van der Waals surface area (Å²) >= 11 is 0. The van der Waals surface area contributed by atoms with Gasteiger partial charge in [0.25, 0.3) is 5.91 Å². The third kappa shape index (κ3) is 4.25. The molecule has 1 heterocycles. The van der Waals surface area contributed by atoms with Crippen LogP contribution in [0.15, 0.2) is 18.2 Å². The van der Waals surface area contributed by atoms with Gasteiger partial charge in [-0.15, -0.1) is 0 Å². The van der Waals surface area contributed by atoms with Gasteiger partial charge in [-0.25, -0.2) is 0 Å². The molecule has 0 spiro atoms. The fourth-order valence-electron chi connectivity index (χ4n) is 3.37. The number of fused-ring (bicyclic) bond motifs is 1. The van der Waals surface area contributed by atoms with E-state index < -0.39 is 0 Å². The highest BCUT2D eigenvalue weighted by atomic mass is 16.5. The first-order valence-corrected chi connectivity index (χ1v) is 9.63. The number of benzene rings is 1. The van der Waals surface area contributed by atoms with E-state index in [1.54, 1.807) is 23.1 Å². The maximum Gasteiger partial charge on any atom is 0.258 e. The quantitative estimate of drug-likeness (QED) is 0.701. The van der Waals surface area contributed by atoms with Crippen LogP contribution in [0.4, 0.5) is 5.69 Å². The Hall–Kier alpha value is -2.12. The van der Waals surface area contributed by atoms with Crippen molar-refractivity contribution < 1.29 is 19.4 Å². The fourth-order valence-corrected chi connectivity index (χ4v) is 3.37. The molecule has 3 atom stereocenters. The minimum Gasteiger partial charge on any atom is -0.486 e. The summed E-state index contributed by atoms with van der Waals surface area (Å²) in [7, 11) is 1.86. The van der Waals surface area contributed by atoms with Gasteiger partial charge in [0.05, 0.1) is 23.9 Å². The van der Waals surface area contributed by atoms with E-state index in [9.17, 15) is 14.7 Å². The molecule has 27 heavy (non-hydrogen) atoms. The van der Waals surface area contributed by atoms with Crippen LogP contribution in [0.25, 0.3) is 0 Å². The molecule has 2 aliphatic rings. The molecule has 1 saturated carbocycles. The van der Waals surface area contributed by atoms with E-state index in [1.807, 2.05) is 20.9 Å². The number of carbonyl (C=O) groups excluding carboxylic acids is 2. The molecular formula is C20H29N3O4. The molecule has 3 rings (SSSR count). The molecule has 2 amide bonds. The summed E-state index contributed by atoms with van der Waals surface area (Å²) in [5.74, 6) is 0.307. The Kier molecular flexibility index (Phi) is 6.01. The number of aliphatic hydroxyl groups is 1. The summed E-state index contributed by atoms with van der Waals surface area (Å²) in [4.78, 5) is 27.2. The molecule has 0 saturated heterocycles. The largest absolute Gasteiger partial charge is 0.486 e. The predicted molar refractivity (Wildman–Crippen MR) is 103 cm³/mol. The number of para-hydroxylation sites is 1. The molecule has 1 fully saturated rings. The summed E-state index contributed by atoms with van der Waals surface area (Å²) in [6.07, 6.45) is 1.64. The van der Waals surface area contributed by atoms with E-state index in [1.165, 1.54) is 0 Å². The monoisotopic (exact) mass is 375 g/mol. The van der Waals surface area contributed by atoms with Gasteiger partial charge in [0.15, 0.2) is 5.75 Å². The van der Waals surface area contributed by atoms with Gasteiger partial charge in [-0.05, 0) is 38.9 Å². The zero-order valence-electron chi connectivity index (χ0n) is 16.2. The van der Waals surface area contributed by atoms with E-state index in [2.05, 4.69) is 10.6 Å². The summed E-state index contributed by atoms with van der Waals surface area (Å²) < 4.78 is 6.27. The number of hydrogen-bond acceptors (Lipinski definition) is 5. The van der Waals surface area contributed by atoms with Gasteiger partial charge in [0.2, 0.25) is 5.91 Å². The first kappa shape index (κ1) is 19.6. The molecule has 148 valence electrons. The lowest BCUT2D eigenvalue weighted by Crippen LogP contribution is -2.49. The summed E-state index contributed by atoms with van der Waals surface area (Å²) in [6, 6.07) is 4.94. The maximum absolute atomic E-state index is 13.2. The molecule has 0 unspecified atom stereocenters. The molecular weight excluding hydrogens is 346 g/mol. The first-order valence-electron chi connectivity index (χ1n) is 9.63. The van der Waals surface area contributed by atoms with Gasteiger partial charge in [0, 0.05) is 24.9 Å². The van der Waals surface area contributed by atoms with Crippen molar-refractivity contribution in [1.29, 1.82) is 0 Å². The Morgan fingerprint density at radius 1 is 1.41 bits per heavy atom. The summed E-state index contributed by atoms with van der Waals surface area (Å²) in [5.41, 5.74) is 0.946. The Bertz CT molecular complexity index is 704.